The molecule has 0 saturated carbocycles. The summed E-state index contributed by atoms with van der Waals surface area (Å²) in [6.45, 7) is 0. The Kier molecular flexibility index (Phi) is 5.45. The SMILES string of the molecule is COP(=O)(O)N[C@@H](CCC(=O)O)C(=O)O. The zero-order valence-electron chi connectivity index (χ0n) is 7.91. The van der Waals surface area contributed by atoms with E-state index >= 15 is 0 Å². The number of hydrogen-bond acceptors (Lipinski definition) is 4. The normalized spacial score (nSPS) is 16.7. The molecule has 0 radical (unpaired) electrons. The van der Waals surface area contributed by atoms with Gasteiger partial charge in [0, 0.05) is 13.5 Å². The van der Waals surface area contributed by atoms with Crippen LogP contribution in [0.15, 0.2) is 0 Å². The van der Waals surface area contributed by atoms with E-state index in [1.807, 2.05) is 5.09 Å². The zero-order valence-corrected chi connectivity index (χ0v) is 8.81. The molecule has 0 heterocycles. The van der Waals surface area contributed by atoms with Crippen molar-refractivity contribution in [1.29, 1.82) is 0 Å². The van der Waals surface area contributed by atoms with Crippen molar-refractivity contribution < 1.29 is 33.8 Å². The molecule has 8 nitrogen and oxygen atoms in total. The third-order valence-electron chi connectivity index (χ3n) is 1.51. The molecule has 0 saturated heterocycles. The Hall–Kier alpha value is -0.950. The number of carboxylic acids is 2. The maximum absolute atomic E-state index is 11.0. The van der Waals surface area contributed by atoms with Gasteiger partial charge in [-0.05, 0) is 6.42 Å². The van der Waals surface area contributed by atoms with Gasteiger partial charge < -0.3 is 19.6 Å². The molecule has 0 fully saturated rings. The summed E-state index contributed by atoms with van der Waals surface area (Å²) in [7, 11) is -3.23. The van der Waals surface area contributed by atoms with Crippen LogP contribution in [0.25, 0.3) is 0 Å². The minimum Gasteiger partial charge on any atom is -0.481 e. The Labute approximate surface area is 85.5 Å². The lowest BCUT2D eigenvalue weighted by Crippen LogP contribution is -2.35. The van der Waals surface area contributed by atoms with Gasteiger partial charge in [0.25, 0.3) is 0 Å². The van der Waals surface area contributed by atoms with E-state index in [4.69, 9.17) is 15.1 Å². The highest BCUT2D eigenvalue weighted by molar-refractivity contribution is 7.50. The van der Waals surface area contributed by atoms with Crippen LogP contribution in [0.1, 0.15) is 12.8 Å². The molecule has 0 rings (SSSR count). The van der Waals surface area contributed by atoms with E-state index in [1.165, 1.54) is 0 Å². The van der Waals surface area contributed by atoms with Crippen LogP contribution in [-0.2, 0) is 18.7 Å². The average molecular weight is 241 g/mol. The van der Waals surface area contributed by atoms with Gasteiger partial charge in [-0.2, -0.15) is 0 Å². The number of carbonyl (C=O) groups is 2. The lowest BCUT2D eigenvalue weighted by Gasteiger charge is -2.16. The zero-order chi connectivity index (χ0) is 12.1. The Bertz CT molecular complexity index is 291. The van der Waals surface area contributed by atoms with Crippen LogP contribution in [-0.4, -0.2) is 40.2 Å². The van der Waals surface area contributed by atoms with Crippen molar-refractivity contribution in [2.75, 3.05) is 7.11 Å². The fraction of sp³-hybridized carbons (Fsp3) is 0.667. The molecule has 0 bridgehead atoms. The second kappa shape index (κ2) is 5.82. The van der Waals surface area contributed by atoms with Crippen molar-refractivity contribution in [3.05, 3.63) is 0 Å². The van der Waals surface area contributed by atoms with Crippen molar-refractivity contribution in [2.24, 2.45) is 0 Å². The first kappa shape index (κ1) is 14.1. The molecule has 0 aliphatic rings. The quantitative estimate of drug-likeness (QED) is 0.444. The van der Waals surface area contributed by atoms with Gasteiger partial charge in [-0.25, -0.2) is 9.65 Å². The van der Waals surface area contributed by atoms with Gasteiger partial charge in [-0.3, -0.25) is 9.59 Å². The molecule has 0 aliphatic heterocycles. The highest BCUT2D eigenvalue weighted by Crippen LogP contribution is 2.36. The van der Waals surface area contributed by atoms with Crippen LogP contribution in [0.3, 0.4) is 0 Å². The Morgan fingerprint density at radius 1 is 1.47 bits per heavy atom. The van der Waals surface area contributed by atoms with E-state index < -0.39 is 32.1 Å². The second-order valence-electron chi connectivity index (χ2n) is 2.66. The fourth-order valence-corrected chi connectivity index (χ4v) is 1.50. The van der Waals surface area contributed by atoms with E-state index in [9.17, 15) is 14.2 Å². The smallest absolute Gasteiger partial charge is 0.403 e. The summed E-state index contributed by atoms with van der Waals surface area (Å²) in [5.74, 6) is -2.60. The summed E-state index contributed by atoms with van der Waals surface area (Å²) in [4.78, 5) is 29.7. The lowest BCUT2D eigenvalue weighted by atomic mass is 10.2. The summed E-state index contributed by atoms with van der Waals surface area (Å²) in [6.07, 6.45) is -0.730. The first-order chi connectivity index (χ1) is 6.78. The van der Waals surface area contributed by atoms with E-state index in [0.29, 0.717) is 0 Å². The lowest BCUT2D eigenvalue weighted by molar-refractivity contribution is -0.140. The number of nitrogens with one attached hydrogen (secondary N) is 1. The Balaban J connectivity index is 4.35. The summed E-state index contributed by atoms with van der Waals surface area (Å²) in [6, 6.07) is -1.43. The predicted octanol–water partition coefficient (Wildman–Crippen LogP) is -0.359. The molecule has 4 N–H and O–H groups in total. The molecule has 9 heteroatoms. The monoisotopic (exact) mass is 241 g/mol. The summed E-state index contributed by atoms with van der Waals surface area (Å²) in [5.41, 5.74) is 0. The van der Waals surface area contributed by atoms with Crippen molar-refractivity contribution in [1.82, 2.24) is 5.09 Å². The van der Waals surface area contributed by atoms with Crippen molar-refractivity contribution in [2.45, 2.75) is 18.9 Å². The maximum atomic E-state index is 11.0. The topological polar surface area (TPSA) is 133 Å². The summed E-state index contributed by atoms with van der Waals surface area (Å²) >= 11 is 0. The standard InChI is InChI=1S/C6H12NO7P/c1-14-15(12,13)7-4(6(10)11)2-3-5(8)9/h4H,2-3H2,1H3,(H,8,9)(H,10,11)(H2,7,12,13)/t4-/m0/s1. The van der Waals surface area contributed by atoms with E-state index in [1.54, 1.807) is 0 Å². The van der Waals surface area contributed by atoms with E-state index in [-0.39, 0.29) is 6.42 Å². The van der Waals surface area contributed by atoms with Crippen molar-refractivity contribution in [3.63, 3.8) is 0 Å². The van der Waals surface area contributed by atoms with Gasteiger partial charge in [0.1, 0.15) is 6.04 Å². The maximum Gasteiger partial charge on any atom is 0.403 e. The molecule has 0 aromatic rings. The van der Waals surface area contributed by atoms with Crippen LogP contribution in [0.5, 0.6) is 0 Å². The molecule has 0 aromatic carbocycles. The van der Waals surface area contributed by atoms with E-state index in [2.05, 4.69) is 4.52 Å². The molecule has 2 atom stereocenters. The first-order valence-corrected chi connectivity index (χ1v) is 5.47. The van der Waals surface area contributed by atoms with Crippen molar-refractivity contribution in [3.8, 4) is 0 Å². The van der Waals surface area contributed by atoms with Gasteiger partial charge in [-0.1, -0.05) is 0 Å². The molecule has 88 valence electrons. The fourth-order valence-electron chi connectivity index (χ4n) is 0.761. The highest BCUT2D eigenvalue weighted by Gasteiger charge is 2.27. The van der Waals surface area contributed by atoms with Crippen LogP contribution in [0.2, 0.25) is 0 Å². The molecule has 0 aliphatic carbocycles. The molecule has 1 unspecified atom stereocenters. The van der Waals surface area contributed by atoms with Gasteiger partial charge >= 0.3 is 19.7 Å². The minimum absolute atomic E-state index is 0.307. The third-order valence-corrected chi connectivity index (χ3v) is 2.64. The second-order valence-corrected chi connectivity index (χ2v) is 4.32. The molecular weight excluding hydrogens is 229 g/mol. The average Bonchev–Trinajstić information content (AvgIpc) is 2.11. The van der Waals surface area contributed by atoms with E-state index in [0.717, 1.165) is 7.11 Å². The number of hydrogen-bond donors (Lipinski definition) is 4. The molecule has 15 heavy (non-hydrogen) atoms. The Morgan fingerprint density at radius 3 is 2.33 bits per heavy atom. The minimum atomic E-state index is -4.17. The Morgan fingerprint density at radius 2 is 2.00 bits per heavy atom. The van der Waals surface area contributed by atoms with Gasteiger partial charge in [0.05, 0.1) is 0 Å². The first-order valence-electron chi connectivity index (χ1n) is 3.89. The highest BCUT2D eigenvalue weighted by atomic mass is 31.2. The number of aliphatic carboxylic acids is 2. The summed E-state index contributed by atoms with van der Waals surface area (Å²) < 4.78 is 15.1. The molecule has 0 amide bonds. The number of carboxylic acid groups (broad SMARTS) is 2. The van der Waals surface area contributed by atoms with Crippen LogP contribution in [0, 0.1) is 0 Å². The predicted molar refractivity (Wildman–Crippen MR) is 48.3 cm³/mol. The van der Waals surface area contributed by atoms with Gasteiger partial charge in [0.15, 0.2) is 0 Å². The summed E-state index contributed by atoms with van der Waals surface area (Å²) in [5, 5.41) is 18.7. The van der Waals surface area contributed by atoms with Crippen LogP contribution < -0.4 is 5.09 Å². The van der Waals surface area contributed by atoms with Gasteiger partial charge in [0.2, 0.25) is 0 Å². The van der Waals surface area contributed by atoms with Gasteiger partial charge in [-0.15, -0.1) is 0 Å². The molecule has 0 aromatic heterocycles. The van der Waals surface area contributed by atoms with Crippen molar-refractivity contribution >= 4 is 19.7 Å². The van der Waals surface area contributed by atoms with Crippen LogP contribution >= 0.6 is 7.75 Å². The van der Waals surface area contributed by atoms with Crippen LogP contribution in [0.4, 0.5) is 0 Å². The number of rotatable bonds is 7. The molecule has 0 spiro atoms. The largest absolute Gasteiger partial charge is 0.481 e. The molecular formula is C6H12NO7P. The third kappa shape index (κ3) is 6.19.